The van der Waals surface area contributed by atoms with Crippen LogP contribution in [0.15, 0.2) is 42.5 Å². The Morgan fingerprint density at radius 3 is 2.50 bits per heavy atom. The Hall–Kier alpha value is -3.15. The second kappa shape index (κ2) is 9.57. The first-order valence-electron chi connectivity index (χ1n) is 10.4. The average molecular weight is 408 g/mol. The van der Waals surface area contributed by atoms with Gasteiger partial charge in [-0.15, -0.1) is 0 Å². The van der Waals surface area contributed by atoms with Crippen molar-refractivity contribution in [3.05, 3.63) is 59.2 Å². The maximum absolute atomic E-state index is 12.5. The molecule has 1 aliphatic rings. The highest BCUT2D eigenvalue weighted by Gasteiger charge is 2.37. The van der Waals surface area contributed by atoms with Gasteiger partial charge >= 0.3 is 5.97 Å². The molecule has 0 radical (unpaired) electrons. The highest BCUT2D eigenvalue weighted by atomic mass is 16.5. The lowest BCUT2D eigenvalue weighted by Gasteiger charge is -2.19. The third-order valence-electron chi connectivity index (χ3n) is 5.47. The molecule has 0 saturated carbocycles. The Balaban J connectivity index is 1.58. The van der Waals surface area contributed by atoms with Gasteiger partial charge in [0.25, 0.3) is 5.91 Å². The molecule has 2 aromatic carbocycles. The molecule has 6 nitrogen and oxygen atoms in total. The third-order valence-corrected chi connectivity index (χ3v) is 5.47. The van der Waals surface area contributed by atoms with Crippen molar-refractivity contribution >= 4 is 29.2 Å². The fourth-order valence-electron chi connectivity index (χ4n) is 3.80. The Bertz CT molecular complexity index is 954. The molecule has 3 rings (SSSR count). The first-order valence-corrected chi connectivity index (χ1v) is 10.4. The van der Waals surface area contributed by atoms with Crippen LogP contribution < -0.4 is 10.2 Å². The van der Waals surface area contributed by atoms with Gasteiger partial charge in [0, 0.05) is 24.3 Å². The summed E-state index contributed by atoms with van der Waals surface area (Å²) in [6, 6.07) is 13.5. The number of nitrogens with zero attached hydrogens (tertiary/aromatic N) is 1. The Kier molecular flexibility index (Phi) is 6.87. The summed E-state index contributed by atoms with van der Waals surface area (Å²) in [6.07, 6.45) is 1.68. The van der Waals surface area contributed by atoms with Crippen LogP contribution in [0.4, 0.5) is 11.4 Å². The Morgan fingerprint density at radius 1 is 1.07 bits per heavy atom. The Labute approximate surface area is 177 Å². The fraction of sp³-hybridized carbons (Fsp3) is 0.375. The molecule has 2 aromatic rings. The number of rotatable bonds is 7. The van der Waals surface area contributed by atoms with Crippen molar-refractivity contribution in [2.24, 2.45) is 5.92 Å². The van der Waals surface area contributed by atoms with Crippen LogP contribution in [-0.2, 0) is 32.0 Å². The number of anilines is 2. The summed E-state index contributed by atoms with van der Waals surface area (Å²) in [7, 11) is 0. The zero-order valence-corrected chi connectivity index (χ0v) is 17.7. The zero-order chi connectivity index (χ0) is 21.7. The molecular weight excluding hydrogens is 380 g/mol. The molecule has 30 heavy (non-hydrogen) atoms. The Morgan fingerprint density at radius 2 is 1.77 bits per heavy atom. The molecule has 0 bridgehead atoms. The fourth-order valence-corrected chi connectivity index (χ4v) is 3.80. The van der Waals surface area contributed by atoms with E-state index >= 15 is 0 Å². The lowest BCUT2D eigenvalue weighted by molar-refractivity contribution is -0.151. The van der Waals surface area contributed by atoms with Crippen LogP contribution in [0.25, 0.3) is 0 Å². The van der Waals surface area contributed by atoms with Gasteiger partial charge in [0.2, 0.25) is 5.91 Å². The molecule has 0 unspecified atom stereocenters. The number of carbonyl (C=O) groups is 3. The van der Waals surface area contributed by atoms with E-state index in [0.717, 1.165) is 40.9 Å². The molecule has 1 fully saturated rings. The van der Waals surface area contributed by atoms with Crippen LogP contribution >= 0.6 is 0 Å². The van der Waals surface area contributed by atoms with Crippen molar-refractivity contribution in [3.8, 4) is 0 Å². The number of hydrogen-bond acceptors (Lipinski definition) is 4. The molecule has 158 valence electrons. The van der Waals surface area contributed by atoms with E-state index in [1.54, 1.807) is 4.90 Å². The summed E-state index contributed by atoms with van der Waals surface area (Å²) in [4.78, 5) is 38.9. The van der Waals surface area contributed by atoms with Gasteiger partial charge in [-0.25, -0.2) is 0 Å². The highest BCUT2D eigenvalue weighted by Crippen LogP contribution is 2.29. The number of nitrogens with one attached hydrogen (secondary N) is 1. The van der Waals surface area contributed by atoms with Crippen LogP contribution in [0.3, 0.4) is 0 Å². The SMILES string of the molecule is CCc1ccccc1N1C[C@H](C(=O)OCC(=O)Nc2c(C)cccc2CC)CC1=O. The average Bonchev–Trinajstić information content (AvgIpc) is 3.14. The minimum absolute atomic E-state index is 0.0935. The van der Waals surface area contributed by atoms with Gasteiger partial charge in [-0.05, 0) is 42.5 Å². The van der Waals surface area contributed by atoms with Crippen molar-refractivity contribution < 1.29 is 19.1 Å². The number of ether oxygens (including phenoxy) is 1. The molecule has 1 atom stereocenters. The number of esters is 1. The lowest BCUT2D eigenvalue weighted by Crippen LogP contribution is -2.29. The van der Waals surface area contributed by atoms with Crippen molar-refractivity contribution in [1.29, 1.82) is 0 Å². The minimum Gasteiger partial charge on any atom is -0.455 e. The summed E-state index contributed by atoms with van der Waals surface area (Å²) in [5.74, 6) is -1.57. The largest absolute Gasteiger partial charge is 0.455 e. The lowest BCUT2D eigenvalue weighted by atomic mass is 10.1. The van der Waals surface area contributed by atoms with E-state index in [1.807, 2.05) is 63.2 Å². The van der Waals surface area contributed by atoms with Gasteiger partial charge in [-0.2, -0.15) is 0 Å². The van der Waals surface area contributed by atoms with Crippen molar-refractivity contribution in [1.82, 2.24) is 0 Å². The van der Waals surface area contributed by atoms with E-state index in [2.05, 4.69) is 5.32 Å². The molecule has 0 spiro atoms. The molecular formula is C24H28N2O4. The predicted octanol–water partition coefficient (Wildman–Crippen LogP) is 3.65. The van der Waals surface area contributed by atoms with E-state index < -0.39 is 11.9 Å². The maximum atomic E-state index is 12.5. The smallest absolute Gasteiger partial charge is 0.311 e. The number of para-hydroxylation sites is 2. The molecule has 1 heterocycles. The second-order valence-corrected chi connectivity index (χ2v) is 7.51. The summed E-state index contributed by atoms with van der Waals surface area (Å²) in [6.45, 7) is 5.88. The van der Waals surface area contributed by atoms with Gasteiger partial charge in [0.1, 0.15) is 0 Å². The van der Waals surface area contributed by atoms with Gasteiger partial charge in [-0.3, -0.25) is 14.4 Å². The molecule has 2 amide bonds. The second-order valence-electron chi connectivity index (χ2n) is 7.51. The van der Waals surface area contributed by atoms with Crippen LogP contribution in [0, 0.1) is 12.8 Å². The molecule has 6 heteroatoms. The van der Waals surface area contributed by atoms with Gasteiger partial charge < -0.3 is 15.0 Å². The summed E-state index contributed by atoms with van der Waals surface area (Å²) >= 11 is 0. The standard InChI is InChI=1S/C24H28N2O4/c1-4-17-10-6-7-12-20(17)26-14-19(13-22(26)28)24(29)30-15-21(27)25-23-16(3)9-8-11-18(23)5-2/h6-12,19H,4-5,13-15H2,1-3H3,(H,25,27)/t19-/m1/s1. The van der Waals surface area contributed by atoms with Gasteiger partial charge in [0.05, 0.1) is 5.92 Å². The monoisotopic (exact) mass is 408 g/mol. The molecule has 1 N–H and O–H groups in total. The number of amides is 2. The molecule has 0 aliphatic carbocycles. The van der Waals surface area contributed by atoms with E-state index in [0.29, 0.717) is 0 Å². The van der Waals surface area contributed by atoms with E-state index in [-0.39, 0.29) is 31.4 Å². The number of aryl methyl sites for hydroxylation is 3. The zero-order valence-electron chi connectivity index (χ0n) is 17.7. The first-order chi connectivity index (χ1) is 14.4. The maximum Gasteiger partial charge on any atom is 0.311 e. The van der Waals surface area contributed by atoms with Gasteiger partial charge in [0.15, 0.2) is 6.61 Å². The quantitative estimate of drug-likeness (QED) is 0.710. The normalized spacial score (nSPS) is 15.9. The van der Waals surface area contributed by atoms with E-state index in [1.165, 1.54) is 0 Å². The minimum atomic E-state index is -0.570. The van der Waals surface area contributed by atoms with Crippen molar-refractivity contribution in [2.75, 3.05) is 23.4 Å². The molecule has 1 aliphatic heterocycles. The van der Waals surface area contributed by atoms with E-state index in [9.17, 15) is 14.4 Å². The van der Waals surface area contributed by atoms with Crippen LogP contribution in [0.5, 0.6) is 0 Å². The molecule has 0 aromatic heterocycles. The van der Waals surface area contributed by atoms with Crippen LogP contribution in [-0.4, -0.2) is 30.9 Å². The summed E-state index contributed by atoms with van der Waals surface area (Å²) in [5, 5.41) is 2.84. The van der Waals surface area contributed by atoms with Crippen molar-refractivity contribution in [2.45, 2.75) is 40.0 Å². The molecule has 1 saturated heterocycles. The number of hydrogen-bond donors (Lipinski definition) is 1. The van der Waals surface area contributed by atoms with E-state index in [4.69, 9.17) is 4.74 Å². The van der Waals surface area contributed by atoms with Gasteiger partial charge in [-0.1, -0.05) is 50.2 Å². The summed E-state index contributed by atoms with van der Waals surface area (Å²) in [5.41, 5.74) is 4.65. The van der Waals surface area contributed by atoms with Crippen LogP contribution in [0.2, 0.25) is 0 Å². The number of carbonyl (C=O) groups excluding carboxylic acids is 3. The first kappa shape index (κ1) is 21.6. The predicted molar refractivity (Wildman–Crippen MR) is 116 cm³/mol. The topological polar surface area (TPSA) is 75.7 Å². The highest BCUT2D eigenvalue weighted by molar-refractivity contribution is 6.00. The van der Waals surface area contributed by atoms with Crippen molar-refractivity contribution in [3.63, 3.8) is 0 Å². The third kappa shape index (κ3) is 4.70. The van der Waals surface area contributed by atoms with Crippen LogP contribution in [0.1, 0.15) is 37.0 Å². The summed E-state index contributed by atoms with van der Waals surface area (Å²) < 4.78 is 5.23. The number of benzene rings is 2.